The summed E-state index contributed by atoms with van der Waals surface area (Å²) in [5, 5.41) is 0. The fourth-order valence-corrected chi connectivity index (χ4v) is 3.40. The average Bonchev–Trinajstić information content (AvgIpc) is 3.18. The van der Waals surface area contributed by atoms with Crippen LogP contribution in [0.5, 0.6) is 0 Å². The van der Waals surface area contributed by atoms with E-state index >= 15 is 0 Å². The Morgan fingerprint density at radius 2 is 1.70 bits per heavy atom. The van der Waals surface area contributed by atoms with Gasteiger partial charge in [-0.3, -0.25) is 4.79 Å². The molecule has 0 amide bonds. The van der Waals surface area contributed by atoms with E-state index in [1.807, 2.05) is 6.92 Å². The topological polar surface area (TPSA) is 35.5 Å². The molecule has 0 aromatic carbocycles. The molecule has 0 heterocycles. The maximum Gasteiger partial charge on any atom is 0.302 e. The number of hydrogen-bond acceptors (Lipinski definition) is 3. The summed E-state index contributed by atoms with van der Waals surface area (Å²) in [6, 6.07) is 0. The summed E-state index contributed by atoms with van der Waals surface area (Å²) in [5.74, 6) is 3.25. The molecule has 0 aromatic heterocycles. The summed E-state index contributed by atoms with van der Waals surface area (Å²) in [7, 11) is 1.68. The summed E-state index contributed by atoms with van der Waals surface area (Å²) >= 11 is 4.24. The number of hydrogen-bond donors (Lipinski definition) is 0. The highest BCUT2D eigenvalue weighted by molar-refractivity contribution is 15.0. The lowest BCUT2D eigenvalue weighted by Crippen LogP contribution is -2.09. The predicted octanol–water partition coefficient (Wildman–Crippen LogP) is 6.61. The Morgan fingerprint density at radius 3 is 1.96 bits per heavy atom. The number of methoxy groups -OCH3 is 1. The van der Waals surface area contributed by atoms with E-state index in [-0.39, 0.29) is 5.97 Å². The zero-order chi connectivity index (χ0) is 18.1. The smallest absolute Gasteiger partial charge is 0.302 e. The molecule has 3 unspecified atom stereocenters. The molecule has 3 nitrogen and oxygen atoms in total. The van der Waals surface area contributed by atoms with Crippen LogP contribution in [0.3, 0.4) is 0 Å². The van der Waals surface area contributed by atoms with Gasteiger partial charge in [-0.2, -0.15) is 0 Å². The molecule has 2 saturated carbocycles. The molecule has 0 aliphatic heterocycles. The fraction of sp³-hybridized carbons (Fsp3) is 0.944. The van der Waals surface area contributed by atoms with Gasteiger partial charge in [0.1, 0.15) is 0 Å². The van der Waals surface area contributed by atoms with E-state index in [0.717, 1.165) is 24.4 Å². The first-order valence-corrected chi connectivity index (χ1v) is 15.1. The number of fused-ring (bicyclic) bond motifs is 2. The molecule has 0 saturated heterocycles. The van der Waals surface area contributed by atoms with Crippen molar-refractivity contribution in [2.75, 3.05) is 20.3 Å². The van der Waals surface area contributed by atoms with Crippen molar-refractivity contribution in [3.05, 3.63) is 0 Å². The zero-order valence-electron chi connectivity index (χ0n) is 15.6. The number of carbonyl (C=O) groups is 1. The summed E-state index contributed by atoms with van der Waals surface area (Å²) in [5.41, 5.74) is 0. The van der Waals surface area contributed by atoms with Gasteiger partial charge in [-0.25, -0.2) is 0 Å². The van der Waals surface area contributed by atoms with Gasteiger partial charge >= 0.3 is 5.97 Å². The molecule has 5 heteroatoms. The van der Waals surface area contributed by atoms with E-state index in [1.165, 1.54) is 26.2 Å². The molecule has 0 aromatic rings. The van der Waals surface area contributed by atoms with E-state index < -0.39 is 0 Å². The van der Waals surface area contributed by atoms with E-state index in [4.69, 9.17) is 0 Å². The monoisotopic (exact) mass is 554 g/mol. The number of ether oxygens (including phenoxy) is 2. The maximum absolute atomic E-state index is 9.82. The van der Waals surface area contributed by atoms with E-state index in [1.54, 1.807) is 39.7 Å². The number of halogens is 2. The van der Waals surface area contributed by atoms with Gasteiger partial charge in [0.2, 0.25) is 0 Å². The maximum atomic E-state index is 9.82. The largest absolute Gasteiger partial charge is 0.466 e. The minimum absolute atomic E-state index is 0.211. The second kappa shape index (κ2) is 19.2. The summed E-state index contributed by atoms with van der Waals surface area (Å²) in [6.45, 7) is 8.74. The fourth-order valence-electron chi connectivity index (χ4n) is 3.40. The van der Waals surface area contributed by atoms with Crippen LogP contribution in [0.4, 0.5) is 0 Å². The Hall–Kier alpha value is 0.890. The Balaban J connectivity index is 0. The molecule has 2 aliphatic carbocycles. The molecule has 2 fully saturated rings. The Kier molecular flexibility index (Phi) is 21.8. The van der Waals surface area contributed by atoms with Crippen LogP contribution in [0.1, 0.15) is 72.6 Å². The zero-order valence-corrected chi connectivity index (χ0v) is 19.9. The lowest BCUT2D eigenvalue weighted by Gasteiger charge is -2.20. The third kappa shape index (κ3) is 14.9. The van der Waals surface area contributed by atoms with Crippen LogP contribution in [0.15, 0.2) is 0 Å². The standard InChI is InChI=1S/C11H20.C4H8O2.C3H8O.I2/c1-2-3-4-10-7-9-5-6-11(10)8-9;1-3-6-4(2)5;1-3-4-2;1-2/h9-11H,2-8H2,1H3;3H2,1-2H3;3H2,1-2H3;. The van der Waals surface area contributed by atoms with Crippen molar-refractivity contribution < 1.29 is 14.3 Å². The molecule has 3 atom stereocenters. The highest BCUT2D eigenvalue weighted by atomic mass is 128. The van der Waals surface area contributed by atoms with Gasteiger partial charge in [0.25, 0.3) is 0 Å². The van der Waals surface area contributed by atoms with Crippen LogP contribution in [-0.2, 0) is 14.3 Å². The molecule has 2 rings (SSSR count). The normalized spacial score (nSPS) is 23.5. The van der Waals surface area contributed by atoms with E-state index in [0.29, 0.717) is 6.61 Å². The predicted molar refractivity (Wildman–Crippen MR) is 116 cm³/mol. The number of unbranched alkanes of at least 4 members (excludes halogenated alkanes) is 1. The second-order valence-electron chi connectivity index (χ2n) is 6.08. The number of carbonyl (C=O) groups excluding carboxylic acids is 1. The van der Waals surface area contributed by atoms with Crippen molar-refractivity contribution in [3.8, 4) is 0 Å². The molecular formula is C18H36I2O3. The van der Waals surface area contributed by atoms with Crippen LogP contribution in [0.2, 0.25) is 0 Å². The summed E-state index contributed by atoms with van der Waals surface area (Å²) < 4.78 is 8.94. The van der Waals surface area contributed by atoms with Crippen molar-refractivity contribution in [3.63, 3.8) is 0 Å². The van der Waals surface area contributed by atoms with Crippen LogP contribution < -0.4 is 0 Å². The van der Waals surface area contributed by atoms with Crippen molar-refractivity contribution >= 4 is 43.2 Å². The Bertz CT molecular complexity index is 261. The molecule has 2 aliphatic rings. The third-order valence-corrected chi connectivity index (χ3v) is 4.45. The van der Waals surface area contributed by atoms with Gasteiger partial charge in [-0.05, 0) is 50.9 Å². The van der Waals surface area contributed by atoms with Crippen LogP contribution >= 0.6 is 37.2 Å². The first kappa shape index (κ1) is 26.1. The average molecular weight is 554 g/mol. The lowest BCUT2D eigenvalue weighted by molar-refractivity contribution is -0.140. The van der Waals surface area contributed by atoms with Crippen molar-refractivity contribution in [1.29, 1.82) is 0 Å². The van der Waals surface area contributed by atoms with Crippen LogP contribution in [0.25, 0.3) is 0 Å². The van der Waals surface area contributed by atoms with Gasteiger partial charge in [-0.15, -0.1) is 0 Å². The number of rotatable bonds is 5. The molecule has 140 valence electrons. The van der Waals surface area contributed by atoms with Crippen molar-refractivity contribution in [2.45, 2.75) is 72.6 Å². The first-order chi connectivity index (χ1) is 11.1. The van der Waals surface area contributed by atoms with Gasteiger partial charge in [-0.1, -0.05) is 32.6 Å². The van der Waals surface area contributed by atoms with Gasteiger partial charge in [0.15, 0.2) is 0 Å². The summed E-state index contributed by atoms with van der Waals surface area (Å²) in [6.07, 6.45) is 10.7. The minimum Gasteiger partial charge on any atom is -0.466 e. The second-order valence-corrected chi connectivity index (χ2v) is 6.08. The highest BCUT2D eigenvalue weighted by Crippen LogP contribution is 2.49. The van der Waals surface area contributed by atoms with Gasteiger partial charge in [0, 0.05) is 57.9 Å². The Morgan fingerprint density at radius 1 is 1.09 bits per heavy atom. The SMILES string of the molecule is CCCCC1CC2CCC1C2.CCOC.CCOC(C)=O.II. The first-order valence-electron chi connectivity index (χ1n) is 8.85. The van der Waals surface area contributed by atoms with E-state index in [2.05, 4.69) is 53.6 Å². The lowest BCUT2D eigenvalue weighted by atomic mass is 9.85. The van der Waals surface area contributed by atoms with Crippen LogP contribution in [0, 0.1) is 17.8 Å². The van der Waals surface area contributed by atoms with E-state index in [9.17, 15) is 4.79 Å². The molecule has 0 spiro atoms. The van der Waals surface area contributed by atoms with Gasteiger partial charge in [0.05, 0.1) is 6.61 Å². The minimum atomic E-state index is -0.211. The third-order valence-electron chi connectivity index (χ3n) is 4.45. The van der Waals surface area contributed by atoms with Gasteiger partial charge < -0.3 is 9.47 Å². The molecule has 2 bridgehead atoms. The highest BCUT2D eigenvalue weighted by Gasteiger charge is 2.38. The van der Waals surface area contributed by atoms with Crippen LogP contribution in [-0.4, -0.2) is 26.3 Å². The number of esters is 1. The quantitative estimate of drug-likeness (QED) is 0.284. The molecule has 0 radical (unpaired) electrons. The van der Waals surface area contributed by atoms with Crippen molar-refractivity contribution in [1.82, 2.24) is 0 Å². The summed E-state index contributed by atoms with van der Waals surface area (Å²) in [4.78, 5) is 9.82. The molecule has 0 N–H and O–H groups in total. The molecular weight excluding hydrogens is 518 g/mol. The van der Waals surface area contributed by atoms with Crippen molar-refractivity contribution in [2.24, 2.45) is 17.8 Å². The molecule has 23 heavy (non-hydrogen) atoms. The Labute approximate surface area is 167 Å².